The average molecular weight is 314 g/mol. The molecule has 1 atom stereocenters. The van der Waals surface area contributed by atoms with Gasteiger partial charge < -0.3 is 10.2 Å². The van der Waals surface area contributed by atoms with Gasteiger partial charge in [-0.3, -0.25) is 4.79 Å². The summed E-state index contributed by atoms with van der Waals surface area (Å²) in [5, 5.41) is 6.89. The lowest BCUT2D eigenvalue weighted by molar-refractivity contribution is -0.124. The number of hydrogen-bond donors (Lipinski definition) is 1. The first kappa shape index (κ1) is 15.5. The number of pyridine rings is 1. The SMILES string of the molecule is C[C@@H](C(=O)NCc1ccc(N2CCCCC2)nc1)n1cncn1. The normalized spacial score (nSPS) is 16.1. The summed E-state index contributed by atoms with van der Waals surface area (Å²) in [4.78, 5) is 22.8. The lowest BCUT2D eigenvalue weighted by Gasteiger charge is -2.27. The van der Waals surface area contributed by atoms with Crippen LogP contribution in [0.5, 0.6) is 0 Å². The van der Waals surface area contributed by atoms with Crippen molar-refractivity contribution in [3.63, 3.8) is 0 Å². The van der Waals surface area contributed by atoms with E-state index >= 15 is 0 Å². The van der Waals surface area contributed by atoms with Gasteiger partial charge in [-0.2, -0.15) is 5.10 Å². The number of nitrogens with zero attached hydrogens (tertiary/aromatic N) is 5. The molecule has 0 unspecified atom stereocenters. The number of carbonyl (C=O) groups excluding carboxylic acids is 1. The highest BCUT2D eigenvalue weighted by Crippen LogP contribution is 2.17. The van der Waals surface area contributed by atoms with E-state index < -0.39 is 0 Å². The van der Waals surface area contributed by atoms with Crippen molar-refractivity contribution >= 4 is 11.7 Å². The van der Waals surface area contributed by atoms with Crippen molar-refractivity contribution in [1.29, 1.82) is 0 Å². The number of carbonyl (C=O) groups is 1. The molecule has 23 heavy (non-hydrogen) atoms. The fourth-order valence-electron chi connectivity index (χ4n) is 2.71. The van der Waals surface area contributed by atoms with E-state index in [1.54, 1.807) is 13.3 Å². The summed E-state index contributed by atoms with van der Waals surface area (Å²) in [5.41, 5.74) is 0.991. The van der Waals surface area contributed by atoms with Crippen molar-refractivity contribution in [1.82, 2.24) is 25.1 Å². The molecule has 7 heteroatoms. The van der Waals surface area contributed by atoms with Gasteiger partial charge in [0.25, 0.3) is 0 Å². The van der Waals surface area contributed by atoms with E-state index in [4.69, 9.17) is 0 Å². The molecule has 0 spiro atoms. The van der Waals surface area contributed by atoms with Crippen LogP contribution in [0, 0.1) is 0 Å². The van der Waals surface area contributed by atoms with Crippen molar-refractivity contribution < 1.29 is 4.79 Å². The number of hydrogen-bond acceptors (Lipinski definition) is 5. The van der Waals surface area contributed by atoms with Gasteiger partial charge in [-0.15, -0.1) is 0 Å². The summed E-state index contributed by atoms with van der Waals surface area (Å²) in [6.07, 6.45) is 8.58. The minimum absolute atomic E-state index is 0.0874. The Labute approximate surface area is 135 Å². The summed E-state index contributed by atoms with van der Waals surface area (Å²) < 4.78 is 1.53. The van der Waals surface area contributed by atoms with Crippen molar-refractivity contribution in [2.24, 2.45) is 0 Å². The van der Waals surface area contributed by atoms with E-state index in [1.807, 2.05) is 18.3 Å². The van der Waals surface area contributed by atoms with Gasteiger partial charge in [0.2, 0.25) is 5.91 Å². The number of aromatic nitrogens is 4. The Bertz CT molecular complexity index is 619. The van der Waals surface area contributed by atoms with Gasteiger partial charge in [-0.1, -0.05) is 6.07 Å². The van der Waals surface area contributed by atoms with Crippen LogP contribution in [0.4, 0.5) is 5.82 Å². The molecule has 3 rings (SSSR count). The lowest BCUT2D eigenvalue weighted by atomic mass is 10.1. The molecular weight excluding hydrogens is 292 g/mol. The number of anilines is 1. The lowest BCUT2D eigenvalue weighted by Crippen LogP contribution is -2.31. The number of amides is 1. The molecule has 1 amide bonds. The highest BCUT2D eigenvalue weighted by Gasteiger charge is 2.15. The Balaban J connectivity index is 1.53. The molecule has 1 aliphatic heterocycles. The summed E-state index contributed by atoms with van der Waals surface area (Å²) in [6, 6.07) is 3.68. The third-order valence-corrected chi connectivity index (χ3v) is 4.17. The molecule has 3 heterocycles. The first-order valence-corrected chi connectivity index (χ1v) is 8.06. The molecular formula is C16H22N6O. The maximum Gasteiger partial charge on any atom is 0.244 e. The number of rotatable bonds is 5. The molecule has 1 fully saturated rings. The predicted octanol–water partition coefficient (Wildman–Crippen LogP) is 1.54. The van der Waals surface area contributed by atoms with Gasteiger partial charge in [0, 0.05) is 25.8 Å². The molecule has 0 bridgehead atoms. The van der Waals surface area contributed by atoms with Crippen LogP contribution in [-0.2, 0) is 11.3 Å². The molecule has 7 nitrogen and oxygen atoms in total. The second kappa shape index (κ2) is 7.21. The standard InChI is InChI=1S/C16H22N6O/c1-13(22-12-17-11-20-22)16(23)19-10-14-5-6-15(18-9-14)21-7-3-2-4-8-21/h5-6,9,11-13H,2-4,7-8,10H2,1H3,(H,19,23)/t13-/m0/s1. The second-order valence-corrected chi connectivity index (χ2v) is 5.84. The molecule has 0 aromatic carbocycles. The fourth-order valence-corrected chi connectivity index (χ4v) is 2.71. The van der Waals surface area contributed by atoms with Crippen LogP contribution in [0.1, 0.15) is 37.8 Å². The van der Waals surface area contributed by atoms with E-state index in [2.05, 4.69) is 25.3 Å². The predicted molar refractivity (Wildman–Crippen MR) is 86.9 cm³/mol. The topological polar surface area (TPSA) is 75.9 Å². The number of nitrogens with one attached hydrogen (secondary N) is 1. The smallest absolute Gasteiger partial charge is 0.244 e. The Hall–Kier alpha value is -2.44. The summed E-state index contributed by atoms with van der Waals surface area (Å²) >= 11 is 0. The highest BCUT2D eigenvalue weighted by molar-refractivity contribution is 5.79. The van der Waals surface area contributed by atoms with Gasteiger partial charge in [0.15, 0.2) is 0 Å². The van der Waals surface area contributed by atoms with Gasteiger partial charge in [0.05, 0.1) is 0 Å². The monoisotopic (exact) mass is 314 g/mol. The molecule has 1 aliphatic rings. The third kappa shape index (κ3) is 3.85. The maximum atomic E-state index is 12.1. The third-order valence-electron chi connectivity index (χ3n) is 4.17. The molecule has 122 valence electrons. The average Bonchev–Trinajstić information content (AvgIpc) is 3.15. The fraction of sp³-hybridized carbons (Fsp3) is 0.500. The van der Waals surface area contributed by atoms with Gasteiger partial charge >= 0.3 is 0 Å². The van der Waals surface area contributed by atoms with Crippen LogP contribution < -0.4 is 10.2 Å². The zero-order valence-corrected chi connectivity index (χ0v) is 13.4. The summed E-state index contributed by atoms with van der Waals surface area (Å²) in [7, 11) is 0. The quantitative estimate of drug-likeness (QED) is 0.906. The van der Waals surface area contributed by atoms with E-state index in [1.165, 1.54) is 30.3 Å². The van der Waals surface area contributed by atoms with Crippen molar-refractivity contribution in [3.8, 4) is 0 Å². The Morgan fingerprint density at radius 1 is 1.30 bits per heavy atom. The van der Waals surface area contributed by atoms with Crippen LogP contribution in [0.15, 0.2) is 31.0 Å². The zero-order valence-electron chi connectivity index (χ0n) is 13.4. The van der Waals surface area contributed by atoms with E-state index in [0.717, 1.165) is 24.5 Å². The summed E-state index contributed by atoms with van der Waals surface area (Å²) in [5.74, 6) is 0.936. The van der Waals surface area contributed by atoms with Crippen molar-refractivity contribution in [3.05, 3.63) is 36.5 Å². The Kier molecular flexibility index (Phi) is 4.85. The van der Waals surface area contributed by atoms with Crippen LogP contribution in [-0.4, -0.2) is 38.7 Å². The van der Waals surface area contributed by atoms with Crippen LogP contribution in [0.2, 0.25) is 0 Å². The Morgan fingerprint density at radius 3 is 2.78 bits per heavy atom. The molecule has 1 N–H and O–H groups in total. The zero-order chi connectivity index (χ0) is 16.1. The van der Waals surface area contributed by atoms with E-state index in [-0.39, 0.29) is 11.9 Å². The molecule has 1 saturated heterocycles. The first-order chi connectivity index (χ1) is 11.2. The second-order valence-electron chi connectivity index (χ2n) is 5.84. The van der Waals surface area contributed by atoms with Gasteiger partial charge in [-0.25, -0.2) is 14.6 Å². The first-order valence-electron chi connectivity index (χ1n) is 8.06. The molecule has 0 aliphatic carbocycles. The van der Waals surface area contributed by atoms with E-state index in [9.17, 15) is 4.79 Å². The van der Waals surface area contributed by atoms with Crippen molar-refractivity contribution in [2.45, 2.75) is 38.8 Å². The minimum atomic E-state index is -0.377. The number of piperidine rings is 1. The van der Waals surface area contributed by atoms with Gasteiger partial charge in [0.1, 0.15) is 24.5 Å². The van der Waals surface area contributed by atoms with Crippen LogP contribution in [0.25, 0.3) is 0 Å². The van der Waals surface area contributed by atoms with Crippen molar-refractivity contribution in [2.75, 3.05) is 18.0 Å². The summed E-state index contributed by atoms with van der Waals surface area (Å²) in [6.45, 7) is 4.42. The maximum absolute atomic E-state index is 12.1. The van der Waals surface area contributed by atoms with Gasteiger partial charge in [-0.05, 0) is 37.8 Å². The highest BCUT2D eigenvalue weighted by atomic mass is 16.2. The molecule has 0 saturated carbocycles. The minimum Gasteiger partial charge on any atom is -0.357 e. The molecule has 0 radical (unpaired) electrons. The molecule has 2 aromatic rings. The van der Waals surface area contributed by atoms with Crippen LogP contribution >= 0.6 is 0 Å². The largest absolute Gasteiger partial charge is 0.357 e. The van der Waals surface area contributed by atoms with Crippen LogP contribution in [0.3, 0.4) is 0 Å². The molecule has 2 aromatic heterocycles. The van der Waals surface area contributed by atoms with E-state index in [0.29, 0.717) is 6.54 Å². The Morgan fingerprint density at radius 2 is 2.13 bits per heavy atom.